The van der Waals surface area contributed by atoms with Gasteiger partial charge in [-0.05, 0) is 135 Å². The molecule has 8 rings (SSSR count). The molecule has 2 unspecified atom stereocenters. The summed E-state index contributed by atoms with van der Waals surface area (Å²) in [4.78, 5) is 30.0. The number of nitrogens with two attached hydrogens (primary N) is 1. The minimum atomic E-state index is -3.55. The van der Waals surface area contributed by atoms with Crippen LogP contribution in [-0.4, -0.2) is 85.0 Å². The highest BCUT2D eigenvalue weighted by Gasteiger charge is 2.39. The van der Waals surface area contributed by atoms with Gasteiger partial charge in [0, 0.05) is 17.9 Å². The average molecular weight is 1120 g/mol. The molecule has 2 atom stereocenters. The number of carbonyl (C=O) groups excluding carboxylic acids is 1. The predicted octanol–water partition coefficient (Wildman–Crippen LogP) is 11.0. The number of Topliss-reactive ketones (excluding diaryl/α,β-unsaturated/α-hetero) is 1. The fourth-order valence-corrected chi connectivity index (χ4v) is 12.2. The zero-order chi connectivity index (χ0) is 55.5. The van der Waals surface area contributed by atoms with Crippen LogP contribution in [0, 0.1) is 5.92 Å². The minimum absolute atomic E-state index is 0.0733. The number of nitrogens with one attached hydrogen (secondary N) is 4. The first-order valence-electron chi connectivity index (χ1n) is 24.9. The summed E-state index contributed by atoms with van der Waals surface area (Å²) in [6.45, 7) is 14.7. The number of para-hydroxylation sites is 2. The highest BCUT2D eigenvalue weighted by atomic mass is 35.5. The molecule has 0 saturated heterocycles. The van der Waals surface area contributed by atoms with E-state index in [-0.39, 0.29) is 71.9 Å². The molecule has 0 fully saturated rings. The van der Waals surface area contributed by atoms with Crippen molar-refractivity contribution in [1.29, 1.82) is 0 Å². The number of aromatic nitrogens is 4. The van der Waals surface area contributed by atoms with Gasteiger partial charge in [0.2, 0.25) is 11.9 Å². The number of rotatable bonds is 17. The highest BCUT2D eigenvalue weighted by Crippen LogP contribution is 2.47. The Bertz CT molecular complexity index is 3360. The number of halogens is 2. The van der Waals surface area contributed by atoms with E-state index >= 15 is 0 Å². The number of ether oxygens (including phenoxy) is 2. The Labute approximate surface area is 456 Å². The van der Waals surface area contributed by atoms with E-state index in [4.69, 9.17) is 38.4 Å². The quantitative estimate of drug-likeness (QED) is 0.0497. The Kier molecular flexibility index (Phi) is 17.6. The number of anilines is 8. The second kappa shape index (κ2) is 23.3. The molecule has 0 spiro atoms. The summed E-state index contributed by atoms with van der Waals surface area (Å²) in [5.74, 6) is 2.26. The minimum Gasteiger partial charge on any atom is -0.495 e. The molecule has 6 aromatic rings. The lowest BCUT2D eigenvalue weighted by Crippen LogP contribution is -2.44. The Morgan fingerprint density at radius 2 is 1.09 bits per heavy atom. The van der Waals surface area contributed by atoms with Gasteiger partial charge >= 0.3 is 0 Å². The lowest BCUT2D eigenvalue weighted by Gasteiger charge is -2.40. The third-order valence-electron chi connectivity index (χ3n) is 14.4. The number of sulfone groups is 2. The lowest BCUT2D eigenvalue weighted by molar-refractivity contribution is -0.123. The molecule has 0 radical (unpaired) electrons. The second-order valence-electron chi connectivity index (χ2n) is 20.6. The molecule has 7 N–H and O–H groups in total. The molecular formula is C55H67Cl2N9O8S2. The number of benzene rings is 4. The van der Waals surface area contributed by atoms with Crippen LogP contribution in [0.15, 0.2) is 95.0 Å². The van der Waals surface area contributed by atoms with Crippen molar-refractivity contribution < 1.29 is 36.2 Å². The first-order valence-corrected chi connectivity index (χ1v) is 28.8. The molecule has 2 aliphatic carbocycles. The molecule has 2 aromatic heterocycles. The smallest absolute Gasteiger partial charge is 0.229 e. The molecule has 0 amide bonds. The number of ketones is 1. The molecule has 4 aromatic carbocycles. The van der Waals surface area contributed by atoms with E-state index in [0.717, 1.165) is 42.5 Å². The molecule has 76 heavy (non-hydrogen) atoms. The first-order chi connectivity index (χ1) is 35.8. The van der Waals surface area contributed by atoms with Crippen LogP contribution < -0.4 is 36.5 Å². The molecule has 21 heteroatoms. The van der Waals surface area contributed by atoms with Gasteiger partial charge in [-0.25, -0.2) is 26.8 Å². The number of aliphatic hydroxyl groups excluding tert-OH is 1. The van der Waals surface area contributed by atoms with Crippen LogP contribution >= 0.6 is 23.2 Å². The summed E-state index contributed by atoms with van der Waals surface area (Å²) in [6, 6.07) is 21.5. The summed E-state index contributed by atoms with van der Waals surface area (Å²) in [5, 5.41) is 21.2. The van der Waals surface area contributed by atoms with Crippen molar-refractivity contribution in [3.05, 3.63) is 117 Å². The number of hydrogen-bond acceptors (Lipinski definition) is 17. The van der Waals surface area contributed by atoms with Gasteiger partial charge in [0.05, 0.1) is 69.7 Å². The van der Waals surface area contributed by atoms with Crippen molar-refractivity contribution in [2.45, 2.75) is 125 Å². The van der Waals surface area contributed by atoms with Crippen molar-refractivity contribution in [3.63, 3.8) is 0 Å². The Morgan fingerprint density at radius 1 is 0.671 bits per heavy atom. The van der Waals surface area contributed by atoms with E-state index in [2.05, 4.69) is 75.0 Å². The van der Waals surface area contributed by atoms with Gasteiger partial charge in [0.1, 0.15) is 28.2 Å². The molecule has 0 saturated carbocycles. The highest BCUT2D eigenvalue weighted by molar-refractivity contribution is 7.92. The van der Waals surface area contributed by atoms with E-state index in [1.807, 2.05) is 18.2 Å². The summed E-state index contributed by atoms with van der Waals surface area (Å²) in [7, 11) is -3.88. The largest absolute Gasteiger partial charge is 0.495 e. The van der Waals surface area contributed by atoms with Gasteiger partial charge in [-0.3, -0.25) is 4.79 Å². The molecule has 17 nitrogen and oxygen atoms in total. The summed E-state index contributed by atoms with van der Waals surface area (Å²) < 4.78 is 62.9. The fourth-order valence-electron chi connectivity index (χ4n) is 9.54. The van der Waals surface area contributed by atoms with Gasteiger partial charge in [-0.2, -0.15) is 9.97 Å². The molecule has 2 heterocycles. The molecule has 0 aliphatic heterocycles. The summed E-state index contributed by atoms with van der Waals surface area (Å²) in [6.07, 6.45) is 6.60. The number of carbonyl (C=O) groups is 1. The Balaban J connectivity index is 0.000000222. The number of aryl methyl sites for hydroxylation is 2. The van der Waals surface area contributed by atoms with E-state index in [9.17, 15) is 26.7 Å². The number of nitrogens with zero attached hydrogens (tertiary/aromatic N) is 4. The van der Waals surface area contributed by atoms with Gasteiger partial charge in [-0.15, -0.1) is 0 Å². The van der Waals surface area contributed by atoms with E-state index in [0.29, 0.717) is 35.0 Å². The standard InChI is InChI=1S/C29H35ClN4O5S.C26H32ClN5O3S/c1-17(2)40(37,38)26-9-7-6-8-23(26)32-27-22(30)15-31-28(34-27)33-24-12-18-10-11-19(13-20(36)16-35)29(3,4)21(18)14-25(24)39-5;1-15(2)36(33,34)22-9-7-6-8-19(22)30-24-18(27)14-29-25(32-24)31-20-12-16-10-11-23(28)26(3,4)17(16)13-21(20)35-5/h6-9,12,14-15,17,19,35H,10-11,13,16H2,1-5H3,(H2,31,32,33,34);6-9,12-15,23H,10-11,28H2,1-5H3,(H2,29,30,31,32). The van der Waals surface area contributed by atoms with Crippen molar-refractivity contribution in [3.8, 4) is 11.5 Å². The van der Waals surface area contributed by atoms with Crippen LogP contribution in [0.25, 0.3) is 0 Å². The first kappa shape index (κ1) is 57.6. The van der Waals surface area contributed by atoms with Crippen LogP contribution in [0.4, 0.5) is 46.3 Å². The maximum absolute atomic E-state index is 12.9. The molecule has 406 valence electrons. The van der Waals surface area contributed by atoms with Gasteiger partial charge in [0.25, 0.3) is 0 Å². The van der Waals surface area contributed by atoms with Crippen molar-refractivity contribution >= 4 is 94.9 Å². The third-order valence-corrected chi connectivity index (χ3v) is 19.4. The van der Waals surface area contributed by atoms with Crippen LogP contribution in [0.2, 0.25) is 10.0 Å². The van der Waals surface area contributed by atoms with Crippen molar-refractivity contribution in [2.24, 2.45) is 11.7 Å². The number of hydrogen-bond donors (Lipinski definition) is 6. The molecule has 2 aliphatic rings. The van der Waals surface area contributed by atoms with Gasteiger partial charge in [-0.1, -0.05) is 75.2 Å². The zero-order valence-corrected chi connectivity index (χ0v) is 47.5. The predicted molar refractivity (Wildman–Crippen MR) is 302 cm³/mol. The van der Waals surface area contributed by atoms with Crippen molar-refractivity contribution in [2.75, 3.05) is 42.1 Å². The number of aliphatic hydroxyl groups is 1. The van der Waals surface area contributed by atoms with Gasteiger partial charge < -0.3 is 41.6 Å². The Hall–Kier alpha value is -6.09. The lowest BCUT2D eigenvalue weighted by atomic mass is 9.64. The summed E-state index contributed by atoms with van der Waals surface area (Å²) in [5.41, 5.74) is 12.7. The molecular weight excluding hydrogens is 1050 g/mol. The maximum atomic E-state index is 12.9. The maximum Gasteiger partial charge on any atom is 0.229 e. The van der Waals surface area contributed by atoms with E-state index < -0.39 is 36.8 Å². The van der Waals surface area contributed by atoms with Crippen LogP contribution in [-0.2, 0) is 48.1 Å². The van der Waals surface area contributed by atoms with E-state index in [1.54, 1.807) is 90.4 Å². The van der Waals surface area contributed by atoms with Crippen molar-refractivity contribution in [1.82, 2.24) is 19.9 Å². The zero-order valence-electron chi connectivity index (χ0n) is 44.4. The van der Waals surface area contributed by atoms with Gasteiger partial charge in [0.15, 0.2) is 37.1 Å². The number of methoxy groups -OCH3 is 2. The molecule has 0 bridgehead atoms. The SMILES string of the molecule is COc1cc2c(cc1Nc1ncc(Cl)c(Nc3ccccc3S(=O)(=O)C(C)C)n1)CCC(CC(=O)CO)C2(C)C.COc1cc2c(cc1Nc1ncc(Cl)c(Nc3ccccc3S(=O)(=O)C(C)C)n1)CCC(N)C2(C)C. The summed E-state index contributed by atoms with van der Waals surface area (Å²) >= 11 is 12.8. The topological polar surface area (TPSA) is 250 Å². The fraction of sp³-hybridized carbons (Fsp3) is 0.400. The third kappa shape index (κ3) is 12.2. The van der Waals surface area contributed by atoms with Crippen LogP contribution in [0.5, 0.6) is 11.5 Å². The second-order valence-corrected chi connectivity index (χ2v) is 26.4. The normalized spacial score (nSPS) is 16.6. The monoisotopic (exact) mass is 1120 g/mol. The Morgan fingerprint density at radius 3 is 1.51 bits per heavy atom. The van der Waals surface area contributed by atoms with E-state index in [1.165, 1.54) is 23.5 Å². The average Bonchev–Trinajstić information content (AvgIpc) is 3.38. The van der Waals surface area contributed by atoms with Crippen LogP contribution in [0.3, 0.4) is 0 Å². The van der Waals surface area contributed by atoms with Crippen LogP contribution in [0.1, 0.15) is 96.9 Å². The number of fused-ring (bicyclic) bond motifs is 2.